The fourth-order valence-corrected chi connectivity index (χ4v) is 3.68. The van der Waals surface area contributed by atoms with Gasteiger partial charge in [0.25, 0.3) is 5.91 Å². The molecule has 0 saturated carbocycles. The Labute approximate surface area is 181 Å². The minimum Gasteiger partial charge on any atom is -0.340 e. The van der Waals surface area contributed by atoms with Crippen LogP contribution in [0.3, 0.4) is 0 Å². The molecule has 2 heterocycles. The Bertz CT molecular complexity index is 990. The van der Waals surface area contributed by atoms with E-state index in [1.54, 1.807) is 30.6 Å². The zero-order valence-corrected chi connectivity index (χ0v) is 17.2. The van der Waals surface area contributed by atoms with Gasteiger partial charge in [0.15, 0.2) is 0 Å². The standard InChI is InChI=1S/C24H25N5O2/c30-22(20-10-5-2-6-11-20)27-21(18-19-8-3-1-4-9-19)23(31)28-14-16-29(17-15-28)24-25-12-7-13-26-24/h1-13,21H,14-18H2,(H,27,30). The molecule has 1 aromatic heterocycles. The summed E-state index contributed by atoms with van der Waals surface area (Å²) < 4.78 is 0. The molecule has 1 aliphatic heterocycles. The van der Waals surface area contributed by atoms with E-state index in [9.17, 15) is 9.59 Å². The molecular formula is C24H25N5O2. The number of aromatic nitrogens is 2. The number of nitrogens with one attached hydrogen (secondary N) is 1. The summed E-state index contributed by atoms with van der Waals surface area (Å²) in [5.74, 6) is 0.362. The van der Waals surface area contributed by atoms with Crippen LogP contribution in [0.5, 0.6) is 0 Å². The number of amides is 2. The molecule has 0 radical (unpaired) electrons. The summed E-state index contributed by atoms with van der Waals surface area (Å²) >= 11 is 0. The molecule has 1 atom stereocenters. The molecule has 1 saturated heterocycles. The van der Waals surface area contributed by atoms with Crippen molar-refractivity contribution in [1.82, 2.24) is 20.2 Å². The van der Waals surface area contributed by atoms with Gasteiger partial charge in [-0.15, -0.1) is 0 Å². The van der Waals surface area contributed by atoms with E-state index < -0.39 is 6.04 Å². The first-order valence-electron chi connectivity index (χ1n) is 10.4. The van der Waals surface area contributed by atoms with Gasteiger partial charge >= 0.3 is 0 Å². The lowest BCUT2D eigenvalue weighted by Gasteiger charge is -2.36. The predicted octanol–water partition coefficient (Wildman–Crippen LogP) is 2.17. The Morgan fingerprint density at radius 3 is 2.10 bits per heavy atom. The number of hydrogen-bond acceptors (Lipinski definition) is 5. The van der Waals surface area contributed by atoms with Crippen molar-refractivity contribution in [2.45, 2.75) is 12.5 Å². The van der Waals surface area contributed by atoms with Gasteiger partial charge in [-0.05, 0) is 23.8 Å². The van der Waals surface area contributed by atoms with Gasteiger partial charge in [-0.25, -0.2) is 9.97 Å². The monoisotopic (exact) mass is 415 g/mol. The predicted molar refractivity (Wildman–Crippen MR) is 119 cm³/mol. The van der Waals surface area contributed by atoms with Crippen LogP contribution in [0.15, 0.2) is 79.1 Å². The third-order valence-electron chi connectivity index (χ3n) is 5.35. The van der Waals surface area contributed by atoms with Gasteiger partial charge in [0.1, 0.15) is 6.04 Å². The number of anilines is 1. The second kappa shape index (κ2) is 9.84. The van der Waals surface area contributed by atoms with Crippen LogP contribution < -0.4 is 10.2 Å². The van der Waals surface area contributed by atoms with E-state index in [0.29, 0.717) is 44.1 Å². The first-order valence-corrected chi connectivity index (χ1v) is 10.4. The molecule has 2 aromatic carbocycles. The SMILES string of the molecule is O=C(NC(Cc1ccccc1)C(=O)N1CCN(c2ncccn2)CC1)c1ccccc1. The van der Waals surface area contributed by atoms with E-state index in [4.69, 9.17) is 0 Å². The zero-order chi connectivity index (χ0) is 21.5. The van der Waals surface area contributed by atoms with Crippen molar-refractivity contribution in [2.24, 2.45) is 0 Å². The smallest absolute Gasteiger partial charge is 0.251 e. The van der Waals surface area contributed by atoms with Crippen molar-refractivity contribution < 1.29 is 9.59 Å². The highest BCUT2D eigenvalue weighted by Gasteiger charge is 2.29. The third kappa shape index (κ3) is 5.25. The Kier molecular flexibility index (Phi) is 6.52. The Balaban J connectivity index is 1.45. The molecule has 1 unspecified atom stereocenters. The van der Waals surface area contributed by atoms with Crippen LogP contribution in [0.1, 0.15) is 15.9 Å². The summed E-state index contributed by atoms with van der Waals surface area (Å²) in [5.41, 5.74) is 1.55. The number of nitrogens with zero attached hydrogens (tertiary/aromatic N) is 4. The van der Waals surface area contributed by atoms with Gasteiger partial charge in [0, 0.05) is 50.6 Å². The minimum atomic E-state index is -0.630. The minimum absolute atomic E-state index is 0.0678. The Morgan fingerprint density at radius 2 is 1.45 bits per heavy atom. The molecular weight excluding hydrogens is 390 g/mol. The fraction of sp³-hybridized carbons (Fsp3) is 0.250. The highest BCUT2D eigenvalue weighted by atomic mass is 16.2. The molecule has 31 heavy (non-hydrogen) atoms. The molecule has 3 aromatic rings. The maximum Gasteiger partial charge on any atom is 0.251 e. The molecule has 1 N–H and O–H groups in total. The number of carbonyl (C=O) groups excluding carboxylic acids is 2. The molecule has 1 aliphatic rings. The van der Waals surface area contributed by atoms with E-state index in [1.165, 1.54) is 0 Å². The number of hydrogen-bond donors (Lipinski definition) is 1. The van der Waals surface area contributed by atoms with Crippen LogP contribution in [-0.2, 0) is 11.2 Å². The van der Waals surface area contributed by atoms with Crippen LogP contribution in [0, 0.1) is 0 Å². The Hall–Kier alpha value is -3.74. The van der Waals surface area contributed by atoms with Crippen molar-refractivity contribution in [3.8, 4) is 0 Å². The van der Waals surface area contributed by atoms with Crippen molar-refractivity contribution in [3.63, 3.8) is 0 Å². The summed E-state index contributed by atoms with van der Waals surface area (Å²) in [7, 11) is 0. The lowest BCUT2D eigenvalue weighted by atomic mass is 10.0. The van der Waals surface area contributed by atoms with Crippen LogP contribution in [0.25, 0.3) is 0 Å². The lowest BCUT2D eigenvalue weighted by molar-refractivity contribution is -0.133. The highest BCUT2D eigenvalue weighted by molar-refractivity contribution is 5.97. The van der Waals surface area contributed by atoms with Gasteiger partial charge in [0.05, 0.1) is 0 Å². The van der Waals surface area contributed by atoms with E-state index in [-0.39, 0.29) is 11.8 Å². The lowest BCUT2D eigenvalue weighted by Crippen LogP contribution is -2.55. The molecule has 7 heteroatoms. The molecule has 0 bridgehead atoms. The average Bonchev–Trinajstić information content (AvgIpc) is 2.85. The van der Waals surface area contributed by atoms with Gasteiger partial charge < -0.3 is 15.1 Å². The maximum absolute atomic E-state index is 13.4. The average molecular weight is 415 g/mol. The van der Waals surface area contributed by atoms with E-state index >= 15 is 0 Å². The van der Waals surface area contributed by atoms with Crippen LogP contribution in [0.2, 0.25) is 0 Å². The topological polar surface area (TPSA) is 78.4 Å². The molecule has 0 aliphatic carbocycles. The molecule has 4 rings (SSSR count). The first kappa shape index (κ1) is 20.5. The van der Waals surface area contributed by atoms with Gasteiger partial charge in [-0.3, -0.25) is 9.59 Å². The quantitative estimate of drug-likeness (QED) is 0.668. The van der Waals surface area contributed by atoms with Crippen LogP contribution >= 0.6 is 0 Å². The van der Waals surface area contributed by atoms with Crippen molar-refractivity contribution in [3.05, 3.63) is 90.3 Å². The number of piperazine rings is 1. The Morgan fingerprint density at radius 1 is 0.839 bits per heavy atom. The summed E-state index contributed by atoms with van der Waals surface area (Å²) in [6.07, 6.45) is 3.88. The highest BCUT2D eigenvalue weighted by Crippen LogP contribution is 2.13. The number of carbonyl (C=O) groups is 2. The molecule has 158 valence electrons. The summed E-state index contributed by atoms with van der Waals surface area (Å²) in [4.78, 5) is 38.6. The second-order valence-electron chi connectivity index (χ2n) is 7.44. The molecule has 7 nitrogen and oxygen atoms in total. The largest absolute Gasteiger partial charge is 0.340 e. The third-order valence-corrected chi connectivity index (χ3v) is 5.35. The summed E-state index contributed by atoms with van der Waals surface area (Å²) in [6.45, 7) is 2.42. The fourth-order valence-electron chi connectivity index (χ4n) is 3.68. The maximum atomic E-state index is 13.4. The first-order chi connectivity index (χ1) is 15.2. The van der Waals surface area contributed by atoms with Crippen molar-refractivity contribution in [2.75, 3.05) is 31.1 Å². The van der Waals surface area contributed by atoms with E-state index in [1.807, 2.05) is 53.4 Å². The van der Waals surface area contributed by atoms with Gasteiger partial charge in [0.2, 0.25) is 11.9 Å². The summed E-state index contributed by atoms with van der Waals surface area (Å²) in [5, 5.41) is 2.95. The van der Waals surface area contributed by atoms with Crippen molar-refractivity contribution >= 4 is 17.8 Å². The van der Waals surface area contributed by atoms with Gasteiger partial charge in [-0.2, -0.15) is 0 Å². The summed E-state index contributed by atoms with van der Waals surface area (Å²) in [6, 6.07) is 19.9. The molecule has 0 spiro atoms. The van der Waals surface area contributed by atoms with E-state index in [2.05, 4.69) is 20.2 Å². The van der Waals surface area contributed by atoms with Crippen molar-refractivity contribution in [1.29, 1.82) is 0 Å². The normalized spacial score (nSPS) is 14.7. The number of benzene rings is 2. The molecule has 1 fully saturated rings. The molecule has 2 amide bonds. The van der Waals surface area contributed by atoms with E-state index in [0.717, 1.165) is 5.56 Å². The van der Waals surface area contributed by atoms with Gasteiger partial charge in [-0.1, -0.05) is 48.5 Å². The number of rotatable bonds is 6. The van der Waals surface area contributed by atoms with Crippen LogP contribution in [-0.4, -0.2) is 58.9 Å². The van der Waals surface area contributed by atoms with Crippen LogP contribution in [0.4, 0.5) is 5.95 Å². The zero-order valence-electron chi connectivity index (χ0n) is 17.2. The second-order valence-corrected chi connectivity index (χ2v) is 7.44.